The predicted molar refractivity (Wildman–Crippen MR) is 236 cm³/mol. The van der Waals surface area contributed by atoms with Gasteiger partial charge in [0.05, 0.1) is 5.41 Å². The van der Waals surface area contributed by atoms with E-state index >= 15 is 0 Å². The van der Waals surface area contributed by atoms with Crippen molar-refractivity contribution in [2.24, 2.45) is 0 Å². The zero-order valence-corrected chi connectivity index (χ0v) is 32.4. The van der Waals surface area contributed by atoms with E-state index in [0.717, 1.165) is 33.8 Å². The molecule has 0 atom stereocenters. The first-order valence-electron chi connectivity index (χ1n) is 20.3. The zero-order valence-electron chi connectivity index (χ0n) is 33.4. The van der Waals surface area contributed by atoms with Gasteiger partial charge in [-0.25, -0.2) is 0 Å². The average molecular weight is 721 g/mol. The van der Waals surface area contributed by atoms with Crippen molar-refractivity contribution in [2.45, 2.75) is 44.4 Å². The monoisotopic (exact) mass is 720 g/mol. The second-order valence-corrected chi connectivity index (χ2v) is 16.1. The van der Waals surface area contributed by atoms with Crippen LogP contribution in [0, 0.1) is 0 Å². The molecule has 0 N–H and O–H groups in total. The van der Waals surface area contributed by atoms with Crippen LogP contribution in [-0.4, -0.2) is 0 Å². The fraction of sp³-hybridized carbons (Fsp3) is 0.127. The first kappa shape index (κ1) is 32.9. The minimum atomic E-state index is -0.634. The van der Waals surface area contributed by atoms with Crippen LogP contribution in [0.4, 0.5) is 17.1 Å². The molecule has 0 bridgehead atoms. The molecule has 8 aromatic rings. The van der Waals surface area contributed by atoms with Crippen LogP contribution in [0.5, 0.6) is 0 Å². The van der Waals surface area contributed by atoms with Gasteiger partial charge in [-0.05, 0) is 115 Å². The largest absolute Gasteiger partial charge is 0.310 e. The Morgan fingerprint density at radius 3 is 1.41 bits per heavy atom. The van der Waals surface area contributed by atoms with Crippen LogP contribution >= 0.6 is 0 Å². The minimum Gasteiger partial charge on any atom is -0.310 e. The first-order valence-corrected chi connectivity index (χ1v) is 19.8. The molecule has 2 aliphatic carbocycles. The number of hydrogen-bond donors (Lipinski definition) is 0. The Balaban J connectivity index is 1.18. The molecule has 0 aromatic heterocycles. The highest BCUT2D eigenvalue weighted by atomic mass is 15.1. The summed E-state index contributed by atoms with van der Waals surface area (Å²) in [7, 11) is 0. The minimum absolute atomic E-state index is 0.132. The normalized spacial score (nSPS) is 14.6. The molecule has 0 spiro atoms. The summed E-state index contributed by atoms with van der Waals surface area (Å²) in [5, 5.41) is 0. The fourth-order valence-corrected chi connectivity index (χ4v) is 9.65. The topological polar surface area (TPSA) is 3.24 Å². The highest BCUT2D eigenvalue weighted by Crippen LogP contribution is 2.57. The van der Waals surface area contributed by atoms with E-state index in [4.69, 9.17) is 1.37 Å². The molecule has 0 saturated carbocycles. The number of benzene rings is 8. The third-order valence-electron chi connectivity index (χ3n) is 12.4. The molecule has 270 valence electrons. The molecule has 2 aliphatic rings. The number of nitrogens with zero attached hydrogens (tertiary/aromatic N) is 1. The number of anilines is 3. The SMILES string of the molecule is [2H]C(C)(C)c1ccc(-c2ccc(N(c3ccc4c(c3)C(C)(C)c3ccccc3-4)c3ccc4c(c3)C(c3ccccc3)(c3ccccc3)c3ccccc3-4)cc2)cc1. The lowest BCUT2D eigenvalue weighted by Crippen LogP contribution is -2.28. The summed E-state index contributed by atoms with van der Waals surface area (Å²) in [6.07, 6.45) is 0. The molecule has 0 radical (unpaired) electrons. The van der Waals surface area contributed by atoms with Gasteiger partial charge in [-0.2, -0.15) is 0 Å². The van der Waals surface area contributed by atoms with Crippen molar-refractivity contribution >= 4 is 17.1 Å². The van der Waals surface area contributed by atoms with Crippen LogP contribution in [0.1, 0.15) is 73.9 Å². The van der Waals surface area contributed by atoms with Crippen molar-refractivity contribution in [1.82, 2.24) is 0 Å². The highest BCUT2D eigenvalue weighted by Gasteiger charge is 2.46. The average Bonchev–Trinajstić information content (AvgIpc) is 3.67. The van der Waals surface area contributed by atoms with E-state index in [1.165, 1.54) is 55.6 Å². The molecule has 10 rings (SSSR count). The Hall–Kier alpha value is -6.44. The number of fused-ring (bicyclic) bond motifs is 6. The Morgan fingerprint density at radius 2 is 0.839 bits per heavy atom. The smallest absolute Gasteiger partial charge is 0.0714 e. The van der Waals surface area contributed by atoms with E-state index < -0.39 is 11.3 Å². The van der Waals surface area contributed by atoms with Crippen LogP contribution in [-0.2, 0) is 10.8 Å². The van der Waals surface area contributed by atoms with Crippen molar-refractivity contribution in [3.05, 3.63) is 233 Å². The Morgan fingerprint density at radius 1 is 0.411 bits per heavy atom. The van der Waals surface area contributed by atoms with Gasteiger partial charge >= 0.3 is 0 Å². The number of rotatable bonds is 7. The molecule has 0 unspecified atom stereocenters. The molecule has 8 aromatic carbocycles. The van der Waals surface area contributed by atoms with Gasteiger partial charge in [0.2, 0.25) is 0 Å². The molecule has 0 saturated heterocycles. The van der Waals surface area contributed by atoms with Crippen LogP contribution in [0.15, 0.2) is 194 Å². The molecule has 0 fully saturated rings. The van der Waals surface area contributed by atoms with Gasteiger partial charge in [0.1, 0.15) is 0 Å². The lowest BCUT2D eigenvalue weighted by molar-refractivity contribution is 0.660. The summed E-state index contributed by atoms with van der Waals surface area (Å²) in [5.74, 6) is -0.634. The van der Waals surface area contributed by atoms with Gasteiger partial charge in [0.15, 0.2) is 0 Å². The summed E-state index contributed by atoms with van der Waals surface area (Å²) >= 11 is 0. The van der Waals surface area contributed by atoms with Crippen molar-refractivity contribution in [1.29, 1.82) is 0 Å². The van der Waals surface area contributed by atoms with Gasteiger partial charge in [0.25, 0.3) is 0 Å². The van der Waals surface area contributed by atoms with Crippen LogP contribution < -0.4 is 4.90 Å². The summed E-state index contributed by atoms with van der Waals surface area (Å²) in [6.45, 7) is 8.58. The Bertz CT molecular complexity index is 2730. The highest BCUT2D eigenvalue weighted by molar-refractivity contribution is 5.91. The molecule has 0 amide bonds. The number of hydrogen-bond acceptors (Lipinski definition) is 1. The van der Waals surface area contributed by atoms with Crippen molar-refractivity contribution in [2.75, 3.05) is 4.90 Å². The van der Waals surface area contributed by atoms with E-state index in [-0.39, 0.29) is 5.41 Å². The first-order chi connectivity index (χ1) is 27.7. The molecule has 1 heteroatoms. The van der Waals surface area contributed by atoms with E-state index in [9.17, 15) is 0 Å². The zero-order chi connectivity index (χ0) is 38.9. The van der Waals surface area contributed by atoms with Crippen LogP contribution in [0.3, 0.4) is 0 Å². The van der Waals surface area contributed by atoms with Gasteiger partial charge in [-0.1, -0.05) is 185 Å². The van der Waals surface area contributed by atoms with Gasteiger partial charge in [0, 0.05) is 23.8 Å². The summed E-state index contributed by atoms with van der Waals surface area (Å²) < 4.78 is 8.50. The molecular weight excluding hydrogens is 675 g/mol. The third-order valence-corrected chi connectivity index (χ3v) is 12.4. The molecule has 0 heterocycles. The lowest BCUT2D eigenvalue weighted by atomic mass is 9.67. The molecular formula is C55H45N. The summed E-state index contributed by atoms with van der Waals surface area (Å²) in [4.78, 5) is 2.44. The van der Waals surface area contributed by atoms with Gasteiger partial charge < -0.3 is 4.90 Å². The molecule has 56 heavy (non-hydrogen) atoms. The quantitative estimate of drug-likeness (QED) is 0.158. The standard InChI is InChI=1S/C55H45N/c1-37(2)38-23-25-39(26-24-38)40-27-29-43(30-28-40)56(44-31-33-48-46-19-11-13-21-50(46)54(3,4)52(48)35-44)45-32-34-49-47-20-12-14-22-51(47)55(53(49)36-45,41-15-7-5-8-16-41)42-17-9-6-10-18-42/h5-37H,1-4H3/i37D. The van der Waals surface area contributed by atoms with Gasteiger partial charge in [-0.15, -0.1) is 0 Å². The van der Waals surface area contributed by atoms with Crippen molar-refractivity contribution in [3.8, 4) is 33.4 Å². The maximum absolute atomic E-state index is 8.50. The Labute approximate surface area is 333 Å². The third kappa shape index (κ3) is 5.15. The second-order valence-electron chi connectivity index (χ2n) is 16.1. The Kier molecular flexibility index (Phi) is 7.71. The molecule has 1 nitrogen and oxygen atoms in total. The van der Waals surface area contributed by atoms with Crippen LogP contribution in [0.25, 0.3) is 33.4 Å². The van der Waals surface area contributed by atoms with Crippen molar-refractivity contribution < 1.29 is 1.37 Å². The van der Waals surface area contributed by atoms with Crippen molar-refractivity contribution in [3.63, 3.8) is 0 Å². The predicted octanol–water partition coefficient (Wildman–Crippen LogP) is 14.6. The van der Waals surface area contributed by atoms with E-state index in [0.29, 0.717) is 0 Å². The maximum Gasteiger partial charge on any atom is 0.0714 e. The molecule has 0 aliphatic heterocycles. The van der Waals surface area contributed by atoms with Crippen LogP contribution in [0.2, 0.25) is 0 Å². The van der Waals surface area contributed by atoms with E-state index in [1.807, 2.05) is 13.8 Å². The van der Waals surface area contributed by atoms with E-state index in [2.05, 4.69) is 213 Å². The lowest BCUT2D eigenvalue weighted by Gasteiger charge is -2.35. The van der Waals surface area contributed by atoms with E-state index in [1.54, 1.807) is 0 Å². The summed E-state index contributed by atoms with van der Waals surface area (Å²) in [5.41, 5.74) is 19.0. The second kappa shape index (κ2) is 13.1. The maximum atomic E-state index is 8.50. The summed E-state index contributed by atoms with van der Waals surface area (Å²) in [6, 6.07) is 71.5. The van der Waals surface area contributed by atoms with Gasteiger partial charge in [-0.3, -0.25) is 0 Å². The fourth-order valence-electron chi connectivity index (χ4n) is 9.65.